The van der Waals surface area contributed by atoms with Gasteiger partial charge in [0.05, 0.1) is 0 Å². The summed E-state index contributed by atoms with van der Waals surface area (Å²) in [6.45, 7) is 3.63. The van der Waals surface area contributed by atoms with E-state index < -0.39 is 0 Å². The highest BCUT2D eigenvalue weighted by Gasteiger charge is 2.05. The smallest absolute Gasteiger partial charge is 0.132 e. The van der Waals surface area contributed by atoms with Crippen molar-refractivity contribution >= 4 is 31.9 Å². The first-order chi connectivity index (χ1) is 4.75. The highest BCUT2D eigenvalue weighted by molar-refractivity contribution is 9.11. The zero-order valence-electron chi connectivity index (χ0n) is 5.19. The number of H-pyrrole nitrogens is 1. The molecular weight excluding hydrogens is 260 g/mol. The van der Waals surface area contributed by atoms with Crippen molar-refractivity contribution in [1.82, 2.24) is 10.2 Å². The molecule has 0 fully saturated rings. The molecule has 0 bridgehead atoms. The Morgan fingerprint density at radius 3 is 2.70 bits per heavy atom. The Morgan fingerprint density at radius 2 is 2.30 bits per heavy atom. The number of nitrogens with zero attached hydrogens (tertiary/aromatic N) is 1. The first kappa shape index (κ1) is 8.01. The molecule has 0 unspecified atom stereocenters. The topological polar surface area (TPSA) is 28.7 Å². The molecule has 0 aliphatic rings. The molecule has 0 spiro atoms. The van der Waals surface area contributed by atoms with Crippen LogP contribution in [0.4, 0.5) is 0 Å². The highest BCUT2D eigenvalue weighted by atomic mass is 79.9. The molecule has 4 heteroatoms. The summed E-state index contributed by atoms with van der Waals surface area (Å²) in [7, 11) is 0. The van der Waals surface area contributed by atoms with E-state index in [4.69, 9.17) is 0 Å². The number of hydrogen-bond donors (Lipinski definition) is 1. The fraction of sp³-hybridized carbons (Fsp3) is 0.167. The maximum Gasteiger partial charge on any atom is 0.132 e. The molecule has 1 aromatic rings. The second-order valence-corrected chi connectivity index (χ2v) is 3.34. The Kier molecular flexibility index (Phi) is 2.68. The standard InChI is InChI=1S/C6H6Br2N2/c1-2-3-4-5(7)9-10-6(4)8/h2H,1,3H2,(H,9,10). The molecule has 0 radical (unpaired) electrons. The van der Waals surface area contributed by atoms with Crippen LogP contribution in [-0.4, -0.2) is 10.2 Å². The van der Waals surface area contributed by atoms with Gasteiger partial charge in [-0.1, -0.05) is 6.08 Å². The van der Waals surface area contributed by atoms with Gasteiger partial charge in [0, 0.05) is 5.56 Å². The average molecular weight is 266 g/mol. The van der Waals surface area contributed by atoms with E-state index in [1.807, 2.05) is 6.08 Å². The summed E-state index contributed by atoms with van der Waals surface area (Å²) < 4.78 is 1.76. The Labute approximate surface area is 76.0 Å². The number of allylic oxidation sites excluding steroid dienone is 1. The molecule has 0 aromatic carbocycles. The minimum atomic E-state index is 0.817. The third kappa shape index (κ3) is 1.49. The van der Waals surface area contributed by atoms with E-state index in [9.17, 15) is 0 Å². The lowest BCUT2D eigenvalue weighted by molar-refractivity contribution is 1.05. The molecule has 0 aliphatic carbocycles. The fourth-order valence-electron chi connectivity index (χ4n) is 0.642. The molecule has 0 saturated heterocycles. The Balaban J connectivity index is 2.97. The molecule has 54 valence electrons. The Morgan fingerprint density at radius 1 is 1.60 bits per heavy atom. The third-order valence-corrected chi connectivity index (χ3v) is 2.43. The van der Waals surface area contributed by atoms with Crippen molar-refractivity contribution in [1.29, 1.82) is 0 Å². The van der Waals surface area contributed by atoms with E-state index >= 15 is 0 Å². The van der Waals surface area contributed by atoms with Gasteiger partial charge < -0.3 is 0 Å². The lowest BCUT2D eigenvalue weighted by Gasteiger charge is -1.89. The van der Waals surface area contributed by atoms with Crippen LogP contribution in [0.5, 0.6) is 0 Å². The maximum absolute atomic E-state index is 3.93. The van der Waals surface area contributed by atoms with Gasteiger partial charge in [0.1, 0.15) is 9.21 Å². The first-order valence-corrected chi connectivity index (χ1v) is 4.33. The number of halogens is 2. The van der Waals surface area contributed by atoms with Crippen LogP contribution in [0.15, 0.2) is 21.9 Å². The summed E-state index contributed by atoms with van der Waals surface area (Å²) in [5.41, 5.74) is 1.11. The average Bonchev–Trinajstić information content (AvgIpc) is 2.20. The van der Waals surface area contributed by atoms with Crippen LogP contribution >= 0.6 is 31.9 Å². The van der Waals surface area contributed by atoms with Crippen LogP contribution in [0, 0.1) is 0 Å². The second-order valence-electron chi connectivity index (χ2n) is 1.80. The minimum Gasteiger partial charge on any atom is -0.270 e. The van der Waals surface area contributed by atoms with Crippen LogP contribution in [0.2, 0.25) is 0 Å². The lowest BCUT2D eigenvalue weighted by Crippen LogP contribution is -1.78. The third-order valence-electron chi connectivity index (χ3n) is 1.11. The summed E-state index contributed by atoms with van der Waals surface area (Å²) in [5.74, 6) is 0. The minimum absolute atomic E-state index is 0.817. The number of hydrogen-bond acceptors (Lipinski definition) is 1. The van der Waals surface area contributed by atoms with Gasteiger partial charge in [0.2, 0.25) is 0 Å². The predicted molar refractivity (Wildman–Crippen MR) is 47.9 cm³/mol. The summed E-state index contributed by atoms with van der Waals surface area (Å²) in [4.78, 5) is 0. The van der Waals surface area contributed by atoms with E-state index in [2.05, 4.69) is 48.6 Å². The quantitative estimate of drug-likeness (QED) is 0.819. The molecule has 1 heterocycles. The van der Waals surface area contributed by atoms with Crippen LogP contribution in [0.25, 0.3) is 0 Å². The van der Waals surface area contributed by atoms with Crippen molar-refractivity contribution in [3.05, 3.63) is 27.4 Å². The van der Waals surface area contributed by atoms with E-state index in [0.717, 1.165) is 21.2 Å². The van der Waals surface area contributed by atoms with Crippen molar-refractivity contribution in [2.45, 2.75) is 6.42 Å². The number of aromatic amines is 1. The molecule has 1 aromatic heterocycles. The Bertz CT molecular complexity index is 222. The Hall–Kier alpha value is -0.0900. The molecule has 10 heavy (non-hydrogen) atoms. The normalized spacial score (nSPS) is 9.80. The molecule has 0 atom stereocenters. The van der Waals surface area contributed by atoms with Crippen LogP contribution in [-0.2, 0) is 6.42 Å². The van der Waals surface area contributed by atoms with Crippen LogP contribution in [0.1, 0.15) is 5.56 Å². The van der Waals surface area contributed by atoms with Gasteiger partial charge in [-0.3, -0.25) is 5.10 Å². The van der Waals surface area contributed by atoms with E-state index in [1.54, 1.807) is 0 Å². The molecule has 1 rings (SSSR count). The van der Waals surface area contributed by atoms with Gasteiger partial charge >= 0.3 is 0 Å². The van der Waals surface area contributed by atoms with E-state index in [0.29, 0.717) is 0 Å². The van der Waals surface area contributed by atoms with Crippen LogP contribution in [0.3, 0.4) is 0 Å². The zero-order chi connectivity index (χ0) is 7.56. The van der Waals surface area contributed by atoms with Crippen molar-refractivity contribution in [2.24, 2.45) is 0 Å². The molecule has 0 aliphatic heterocycles. The fourth-order valence-corrected chi connectivity index (χ4v) is 1.79. The van der Waals surface area contributed by atoms with Crippen molar-refractivity contribution < 1.29 is 0 Å². The molecular formula is C6H6Br2N2. The van der Waals surface area contributed by atoms with E-state index in [1.165, 1.54) is 0 Å². The zero-order valence-corrected chi connectivity index (χ0v) is 8.37. The predicted octanol–water partition coefficient (Wildman–Crippen LogP) is 2.66. The first-order valence-electron chi connectivity index (χ1n) is 2.75. The van der Waals surface area contributed by atoms with Crippen LogP contribution < -0.4 is 0 Å². The van der Waals surface area contributed by atoms with E-state index in [-0.39, 0.29) is 0 Å². The highest BCUT2D eigenvalue weighted by Crippen LogP contribution is 2.22. The number of nitrogens with one attached hydrogen (secondary N) is 1. The molecule has 1 N–H and O–H groups in total. The number of aromatic nitrogens is 2. The summed E-state index contributed by atoms with van der Waals surface area (Å²) in [6, 6.07) is 0. The second kappa shape index (κ2) is 3.34. The van der Waals surface area contributed by atoms with Gasteiger partial charge in [-0.25, -0.2) is 0 Å². The molecule has 0 saturated carbocycles. The van der Waals surface area contributed by atoms with Crippen molar-refractivity contribution in [2.75, 3.05) is 0 Å². The van der Waals surface area contributed by atoms with Gasteiger partial charge in [-0.2, -0.15) is 5.10 Å². The van der Waals surface area contributed by atoms with Gasteiger partial charge in [0.25, 0.3) is 0 Å². The van der Waals surface area contributed by atoms with Gasteiger partial charge in [-0.05, 0) is 38.3 Å². The molecule has 2 nitrogen and oxygen atoms in total. The maximum atomic E-state index is 3.93. The number of rotatable bonds is 2. The monoisotopic (exact) mass is 264 g/mol. The summed E-state index contributed by atoms with van der Waals surface area (Å²) in [6.07, 6.45) is 2.65. The largest absolute Gasteiger partial charge is 0.270 e. The van der Waals surface area contributed by atoms with Crippen molar-refractivity contribution in [3.8, 4) is 0 Å². The van der Waals surface area contributed by atoms with Gasteiger partial charge in [0.15, 0.2) is 0 Å². The summed E-state index contributed by atoms with van der Waals surface area (Å²) in [5, 5.41) is 6.73. The SMILES string of the molecule is C=CCc1c(Br)n[nH]c1Br. The molecule has 0 amide bonds. The summed E-state index contributed by atoms with van der Waals surface area (Å²) >= 11 is 6.62. The van der Waals surface area contributed by atoms with Gasteiger partial charge in [-0.15, -0.1) is 6.58 Å². The van der Waals surface area contributed by atoms with Crippen molar-refractivity contribution in [3.63, 3.8) is 0 Å². The lowest BCUT2D eigenvalue weighted by atomic mass is 10.3.